The predicted molar refractivity (Wildman–Crippen MR) is 105 cm³/mol. The maximum absolute atomic E-state index is 13.1. The third-order valence-corrected chi connectivity index (χ3v) is 6.23. The van der Waals surface area contributed by atoms with Crippen molar-refractivity contribution >= 4 is 23.2 Å². The fourth-order valence-electron chi connectivity index (χ4n) is 4.95. The molecule has 2 bridgehead atoms. The van der Waals surface area contributed by atoms with Gasteiger partial charge in [0.15, 0.2) is 0 Å². The SMILES string of the molecule is Cc1cc(NC(=O)C(=O)C2C[C@@H]3CC[C@@H](C3)[C@@H]2c2ccccc2)cnc1N. The van der Waals surface area contributed by atoms with E-state index in [4.69, 9.17) is 5.73 Å². The van der Waals surface area contributed by atoms with Crippen LogP contribution in [0.15, 0.2) is 42.6 Å². The molecule has 2 aliphatic rings. The van der Waals surface area contributed by atoms with Crippen molar-refractivity contribution in [1.82, 2.24) is 4.98 Å². The van der Waals surface area contributed by atoms with Crippen LogP contribution in [0, 0.1) is 24.7 Å². The first kappa shape index (κ1) is 17.7. The number of nitrogens with one attached hydrogen (secondary N) is 1. The van der Waals surface area contributed by atoms with Gasteiger partial charge in [0.25, 0.3) is 5.91 Å². The van der Waals surface area contributed by atoms with Gasteiger partial charge >= 0.3 is 0 Å². The highest BCUT2D eigenvalue weighted by Crippen LogP contribution is 2.52. The average Bonchev–Trinajstić information content (AvgIpc) is 3.05. The quantitative estimate of drug-likeness (QED) is 0.811. The molecule has 27 heavy (non-hydrogen) atoms. The third kappa shape index (κ3) is 3.46. The van der Waals surface area contributed by atoms with Crippen molar-refractivity contribution in [2.75, 3.05) is 11.1 Å². The number of Topliss-reactive ketones (excluding diaryl/α,β-unsaturated/α-hetero) is 1. The number of ketones is 1. The zero-order valence-electron chi connectivity index (χ0n) is 15.5. The number of amides is 1. The summed E-state index contributed by atoms with van der Waals surface area (Å²) in [5, 5.41) is 2.72. The summed E-state index contributed by atoms with van der Waals surface area (Å²) in [6, 6.07) is 11.9. The van der Waals surface area contributed by atoms with Crippen LogP contribution in [-0.4, -0.2) is 16.7 Å². The number of carbonyl (C=O) groups is 2. The van der Waals surface area contributed by atoms with Crippen molar-refractivity contribution in [3.05, 3.63) is 53.7 Å². The van der Waals surface area contributed by atoms with Gasteiger partial charge in [0, 0.05) is 5.92 Å². The Hall–Kier alpha value is -2.69. The number of hydrogen-bond acceptors (Lipinski definition) is 4. The lowest BCUT2D eigenvalue weighted by atomic mass is 9.67. The molecule has 1 unspecified atom stereocenters. The van der Waals surface area contributed by atoms with Crippen molar-refractivity contribution < 1.29 is 9.59 Å². The lowest BCUT2D eigenvalue weighted by Gasteiger charge is -2.36. The van der Waals surface area contributed by atoms with Crippen molar-refractivity contribution in [2.24, 2.45) is 17.8 Å². The Labute approximate surface area is 159 Å². The van der Waals surface area contributed by atoms with Gasteiger partial charge in [-0.15, -0.1) is 0 Å². The number of nitrogens with two attached hydrogens (primary N) is 1. The average molecular weight is 363 g/mol. The molecule has 0 aliphatic heterocycles. The Kier molecular flexibility index (Phi) is 4.68. The van der Waals surface area contributed by atoms with Gasteiger partial charge in [-0.1, -0.05) is 36.8 Å². The molecule has 0 radical (unpaired) electrons. The van der Waals surface area contributed by atoms with Crippen molar-refractivity contribution in [1.29, 1.82) is 0 Å². The number of nitrogen functional groups attached to an aromatic ring is 1. The number of anilines is 2. The molecule has 2 aliphatic carbocycles. The van der Waals surface area contributed by atoms with Gasteiger partial charge in [0.2, 0.25) is 5.78 Å². The summed E-state index contributed by atoms with van der Waals surface area (Å²) in [5.74, 6) is 0.511. The predicted octanol–water partition coefficient (Wildman–Crippen LogP) is 3.70. The molecule has 140 valence electrons. The Morgan fingerprint density at radius 1 is 1.15 bits per heavy atom. The van der Waals surface area contributed by atoms with Crippen LogP contribution in [0.5, 0.6) is 0 Å². The maximum Gasteiger partial charge on any atom is 0.292 e. The molecule has 5 nitrogen and oxygen atoms in total. The van der Waals surface area contributed by atoms with Crippen molar-refractivity contribution in [2.45, 2.75) is 38.5 Å². The summed E-state index contributed by atoms with van der Waals surface area (Å²) in [6.07, 6.45) is 5.79. The minimum absolute atomic E-state index is 0.134. The summed E-state index contributed by atoms with van der Waals surface area (Å²) >= 11 is 0. The van der Waals surface area contributed by atoms with Crippen molar-refractivity contribution in [3.8, 4) is 0 Å². The number of aryl methyl sites for hydroxylation is 1. The first-order chi connectivity index (χ1) is 13.0. The molecule has 0 saturated heterocycles. The van der Waals surface area contributed by atoms with E-state index >= 15 is 0 Å². The van der Waals surface area contributed by atoms with Crippen LogP contribution in [-0.2, 0) is 9.59 Å². The molecule has 3 N–H and O–H groups in total. The molecule has 1 heterocycles. The first-order valence-corrected chi connectivity index (χ1v) is 9.65. The Morgan fingerprint density at radius 3 is 2.67 bits per heavy atom. The van der Waals surface area contributed by atoms with Gasteiger partial charge in [-0.3, -0.25) is 9.59 Å². The minimum Gasteiger partial charge on any atom is -0.383 e. The van der Waals surface area contributed by atoms with E-state index in [0.717, 1.165) is 18.4 Å². The highest BCUT2D eigenvalue weighted by molar-refractivity contribution is 6.41. The topological polar surface area (TPSA) is 85.1 Å². The first-order valence-electron chi connectivity index (χ1n) is 9.65. The smallest absolute Gasteiger partial charge is 0.292 e. The van der Waals surface area contributed by atoms with E-state index in [1.807, 2.05) is 25.1 Å². The van der Waals surface area contributed by atoms with Gasteiger partial charge in [0.05, 0.1) is 11.9 Å². The molecule has 1 aromatic heterocycles. The normalized spacial score (nSPS) is 26.6. The van der Waals surface area contributed by atoms with Gasteiger partial charge < -0.3 is 11.1 Å². The van der Waals surface area contributed by atoms with Crippen LogP contribution in [0.1, 0.15) is 42.7 Å². The minimum atomic E-state index is -0.548. The van der Waals surface area contributed by atoms with E-state index in [0.29, 0.717) is 23.3 Å². The van der Waals surface area contributed by atoms with Gasteiger partial charge in [-0.05, 0) is 61.1 Å². The van der Waals surface area contributed by atoms with Gasteiger partial charge in [-0.25, -0.2) is 4.98 Å². The number of rotatable bonds is 4. The molecule has 5 heteroatoms. The second-order valence-corrected chi connectivity index (χ2v) is 7.96. The van der Waals surface area contributed by atoms with E-state index in [1.54, 1.807) is 6.07 Å². The highest BCUT2D eigenvalue weighted by Gasteiger charge is 2.46. The molecule has 2 saturated carbocycles. The Bertz CT molecular complexity index is 865. The highest BCUT2D eigenvalue weighted by atomic mass is 16.2. The van der Waals surface area contributed by atoms with E-state index in [-0.39, 0.29) is 17.6 Å². The van der Waals surface area contributed by atoms with Gasteiger partial charge in [-0.2, -0.15) is 0 Å². The summed E-state index contributed by atoms with van der Waals surface area (Å²) in [5.41, 5.74) is 8.19. The lowest BCUT2D eigenvalue weighted by Crippen LogP contribution is -2.38. The standard InChI is InChI=1S/C22H25N3O2/c1-13-9-17(12-24-21(13)23)25-22(27)20(26)18-11-14-7-8-16(10-14)19(18)15-5-3-2-4-6-15/h2-6,9,12,14,16,18-19H,7-8,10-11H2,1H3,(H2,23,24)(H,25,27)/t14-,16+,18?,19+/m1/s1. The molecule has 1 amide bonds. The molecule has 2 fully saturated rings. The largest absolute Gasteiger partial charge is 0.383 e. The molecular weight excluding hydrogens is 338 g/mol. The fourth-order valence-corrected chi connectivity index (χ4v) is 4.95. The monoisotopic (exact) mass is 363 g/mol. The molecular formula is C22H25N3O2. The number of hydrogen-bond donors (Lipinski definition) is 2. The number of aromatic nitrogens is 1. The zero-order valence-corrected chi connectivity index (χ0v) is 15.5. The Morgan fingerprint density at radius 2 is 1.93 bits per heavy atom. The molecule has 2 aromatic rings. The number of pyridine rings is 1. The van der Waals surface area contributed by atoms with E-state index < -0.39 is 5.91 Å². The Balaban J connectivity index is 1.56. The molecule has 4 rings (SSSR count). The number of carbonyl (C=O) groups excluding carboxylic acids is 2. The second-order valence-electron chi connectivity index (χ2n) is 7.96. The van der Waals surface area contributed by atoms with E-state index in [9.17, 15) is 9.59 Å². The maximum atomic E-state index is 13.1. The van der Waals surface area contributed by atoms with Gasteiger partial charge in [0.1, 0.15) is 5.82 Å². The summed E-state index contributed by atoms with van der Waals surface area (Å²) in [4.78, 5) is 29.9. The lowest BCUT2D eigenvalue weighted by molar-refractivity contribution is -0.138. The number of nitrogens with zero attached hydrogens (tertiary/aromatic N) is 1. The second kappa shape index (κ2) is 7.14. The zero-order chi connectivity index (χ0) is 19.0. The van der Waals surface area contributed by atoms with Crippen LogP contribution in [0.4, 0.5) is 11.5 Å². The van der Waals surface area contributed by atoms with Crippen molar-refractivity contribution in [3.63, 3.8) is 0 Å². The fraction of sp³-hybridized carbons (Fsp3) is 0.409. The summed E-state index contributed by atoms with van der Waals surface area (Å²) in [7, 11) is 0. The van der Waals surface area contributed by atoms with Crippen LogP contribution in [0.2, 0.25) is 0 Å². The molecule has 4 atom stereocenters. The van der Waals surface area contributed by atoms with E-state index in [2.05, 4.69) is 22.4 Å². The number of benzene rings is 1. The third-order valence-electron chi connectivity index (χ3n) is 6.23. The van der Waals surface area contributed by atoms with Crippen LogP contribution < -0.4 is 11.1 Å². The summed E-state index contributed by atoms with van der Waals surface area (Å²) in [6.45, 7) is 1.82. The number of fused-ring (bicyclic) bond motifs is 2. The van der Waals surface area contributed by atoms with Crippen LogP contribution >= 0.6 is 0 Å². The molecule has 1 aromatic carbocycles. The van der Waals surface area contributed by atoms with Crippen LogP contribution in [0.3, 0.4) is 0 Å². The summed E-state index contributed by atoms with van der Waals surface area (Å²) < 4.78 is 0. The van der Waals surface area contributed by atoms with Crippen LogP contribution in [0.25, 0.3) is 0 Å². The van der Waals surface area contributed by atoms with E-state index in [1.165, 1.54) is 24.6 Å². The molecule has 0 spiro atoms.